The standard InChI is InChI=1S/C9H13NO2/c1-2-12-8(11)9-3-4-10-6-7(9)5-9/h4,7H,2-3,5-6H2,1H3/t7-,9+/m0/s1. The Bertz CT molecular complexity index is 237. The average Bonchev–Trinajstić information content (AvgIpc) is 2.79. The van der Waals surface area contributed by atoms with E-state index < -0.39 is 0 Å². The summed E-state index contributed by atoms with van der Waals surface area (Å²) in [5, 5.41) is 0. The maximum atomic E-state index is 11.5. The van der Waals surface area contributed by atoms with Gasteiger partial charge in [0.1, 0.15) is 0 Å². The van der Waals surface area contributed by atoms with Gasteiger partial charge in [0.05, 0.1) is 12.0 Å². The number of fused-ring (bicyclic) bond motifs is 1. The van der Waals surface area contributed by atoms with E-state index in [1.54, 1.807) is 0 Å². The van der Waals surface area contributed by atoms with Crippen molar-refractivity contribution < 1.29 is 9.53 Å². The number of carbonyl (C=O) groups is 1. The lowest BCUT2D eigenvalue weighted by Crippen LogP contribution is -2.24. The van der Waals surface area contributed by atoms with E-state index in [2.05, 4.69) is 4.99 Å². The summed E-state index contributed by atoms with van der Waals surface area (Å²) in [6.45, 7) is 3.16. The van der Waals surface area contributed by atoms with Crippen LogP contribution in [0.25, 0.3) is 0 Å². The molecule has 2 aliphatic rings. The monoisotopic (exact) mass is 167 g/mol. The van der Waals surface area contributed by atoms with E-state index in [-0.39, 0.29) is 11.4 Å². The van der Waals surface area contributed by atoms with Crippen LogP contribution < -0.4 is 0 Å². The van der Waals surface area contributed by atoms with Crippen LogP contribution in [0.2, 0.25) is 0 Å². The minimum absolute atomic E-state index is 0.0128. The maximum Gasteiger partial charge on any atom is 0.312 e. The van der Waals surface area contributed by atoms with E-state index in [0.717, 1.165) is 19.4 Å². The highest BCUT2D eigenvalue weighted by atomic mass is 16.5. The van der Waals surface area contributed by atoms with E-state index in [1.165, 1.54) is 0 Å². The zero-order chi connectivity index (χ0) is 8.60. The lowest BCUT2D eigenvalue weighted by Gasteiger charge is -2.15. The van der Waals surface area contributed by atoms with Crippen LogP contribution >= 0.6 is 0 Å². The van der Waals surface area contributed by atoms with Crippen molar-refractivity contribution in [3.8, 4) is 0 Å². The van der Waals surface area contributed by atoms with Gasteiger partial charge in [0.2, 0.25) is 0 Å². The van der Waals surface area contributed by atoms with Crippen LogP contribution in [0.1, 0.15) is 19.8 Å². The number of nitrogens with zero attached hydrogens (tertiary/aromatic N) is 1. The molecule has 0 radical (unpaired) electrons. The zero-order valence-corrected chi connectivity index (χ0v) is 7.25. The van der Waals surface area contributed by atoms with Crippen LogP contribution in [0.5, 0.6) is 0 Å². The topological polar surface area (TPSA) is 38.7 Å². The molecular weight excluding hydrogens is 154 g/mol. The van der Waals surface area contributed by atoms with Gasteiger partial charge in [0, 0.05) is 6.54 Å². The van der Waals surface area contributed by atoms with Crippen LogP contribution in [0.4, 0.5) is 0 Å². The van der Waals surface area contributed by atoms with Crippen molar-refractivity contribution in [3.63, 3.8) is 0 Å². The quantitative estimate of drug-likeness (QED) is 0.576. The lowest BCUT2D eigenvalue weighted by molar-refractivity contribution is -0.150. The van der Waals surface area contributed by atoms with Crippen LogP contribution in [0.3, 0.4) is 0 Å². The summed E-state index contributed by atoms with van der Waals surface area (Å²) >= 11 is 0. The van der Waals surface area contributed by atoms with Gasteiger partial charge in [-0.25, -0.2) is 0 Å². The molecule has 0 aromatic carbocycles. The highest BCUT2D eigenvalue weighted by Gasteiger charge is 2.61. The molecule has 1 aliphatic heterocycles. The summed E-state index contributed by atoms with van der Waals surface area (Å²) in [5.41, 5.74) is -0.155. The molecule has 2 atom stereocenters. The third-order valence-corrected chi connectivity index (χ3v) is 2.82. The molecular formula is C9H13NO2. The molecule has 0 N–H and O–H groups in total. The molecule has 0 spiro atoms. The summed E-state index contributed by atoms with van der Waals surface area (Å²) in [7, 11) is 0. The second-order valence-corrected chi connectivity index (χ2v) is 3.53. The number of hydrogen-bond donors (Lipinski definition) is 0. The van der Waals surface area contributed by atoms with Crippen molar-refractivity contribution >= 4 is 12.2 Å². The van der Waals surface area contributed by atoms with Gasteiger partial charge in [-0.05, 0) is 31.9 Å². The van der Waals surface area contributed by atoms with Gasteiger partial charge < -0.3 is 4.74 Å². The minimum atomic E-state index is -0.155. The second-order valence-electron chi connectivity index (χ2n) is 3.53. The van der Waals surface area contributed by atoms with Crippen LogP contribution in [0.15, 0.2) is 4.99 Å². The molecule has 0 saturated heterocycles. The number of carbonyl (C=O) groups excluding carboxylic acids is 1. The Kier molecular flexibility index (Phi) is 1.67. The van der Waals surface area contributed by atoms with Crippen molar-refractivity contribution in [3.05, 3.63) is 0 Å². The van der Waals surface area contributed by atoms with Gasteiger partial charge in [-0.3, -0.25) is 9.79 Å². The molecule has 1 heterocycles. The Balaban J connectivity index is 2.04. The maximum absolute atomic E-state index is 11.5. The number of hydrogen-bond acceptors (Lipinski definition) is 3. The van der Waals surface area contributed by atoms with Crippen molar-refractivity contribution in [2.75, 3.05) is 13.2 Å². The first-order valence-electron chi connectivity index (χ1n) is 4.45. The molecule has 0 unspecified atom stereocenters. The summed E-state index contributed by atoms with van der Waals surface area (Å²) < 4.78 is 5.03. The molecule has 1 fully saturated rings. The molecule has 0 aromatic heterocycles. The molecule has 3 nitrogen and oxygen atoms in total. The van der Waals surface area contributed by atoms with E-state index >= 15 is 0 Å². The molecule has 12 heavy (non-hydrogen) atoms. The Morgan fingerprint density at radius 3 is 3.33 bits per heavy atom. The van der Waals surface area contributed by atoms with E-state index in [9.17, 15) is 4.79 Å². The Hall–Kier alpha value is -0.860. The third kappa shape index (κ3) is 0.958. The smallest absolute Gasteiger partial charge is 0.312 e. The van der Waals surface area contributed by atoms with E-state index in [1.807, 2.05) is 13.1 Å². The molecule has 0 bridgehead atoms. The minimum Gasteiger partial charge on any atom is -0.466 e. The van der Waals surface area contributed by atoms with Crippen molar-refractivity contribution in [1.29, 1.82) is 0 Å². The lowest BCUT2D eigenvalue weighted by atomic mass is 9.98. The number of aliphatic imine (C=N–C) groups is 1. The van der Waals surface area contributed by atoms with Gasteiger partial charge in [0.15, 0.2) is 0 Å². The Labute approximate surface area is 71.8 Å². The number of esters is 1. The fourth-order valence-electron chi connectivity index (χ4n) is 1.91. The highest BCUT2D eigenvalue weighted by Crippen LogP contribution is 2.57. The van der Waals surface area contributed by atoms with Crippen LogP contribution in [-0.4, -0.2) is 25.3 Å². The SMILES string of the molecule is CCOC(=O)[C@@]12CC=NC[C@@H]1C2. The van der Waals surface area contributed by atoms with Gasteiger partial charge >= 0.3 is 5.97 Å². The predicted octanol–water partition coefficient (Wildman–Crippen LogP) is 1.03. The van der Waals surface area contributed by atoms with E-state index in [4.69, 9.17) is 4.74 Å². The number of ether oxygens (including phenoxy) is 1. The molecule has 66 valence electrons. The Morgan fingerprint density at radius 2 is 2.67 bits per heavy atom. The van der Waals surface area contributed by atoms with Crippen molar-refractivity contribution in [2.24, 2.45) is 16.3 Å². The summed E-state index contributed by atoms with van der Waals surface area (Å²) in [6.07, 6.45) is 3.63. The summed E-state index contributed by atoms with van der Waals surface area (Å²) in [4.78, 5) is 15.6. The normalized spacial score (nSPS) is 37.2. The first kappa shape index (κ1) is 7.77. The molecule has 0 aromatic rings. The Morgan fingerprint density at radius 1 is 1.83 bits per heavy atom. The third-order valence-electron chi connectivity index (χ3n) is 2.82. The van der Waals surface area contributed by atoms with Gasteiger partial charge in [0.25, 0.3) is 0 Å². The predicted molar refractivity (Wildman–Crippen MR) is 45.1 cm³/mol. The fraction of sp³-hybridized carbons (Fsp3) is 0.778. The second kappa shape index (κ2) is 2.57. The zero-order valence-electron chi connectivity index (χ0n) is 7.25. The van der Waals surface area contributed by atoms with Gasteiger partial charge in [-0.1, -0.05) is 0 Å². The summed E-state index contributed by atoms with van der Waals surface area (Å²) in [6, 6.07) is 0. The van der Waals surface area contributed by atoms with Crippen LogP contribution in [-0.2, 0) is 9.53 Å². The summed E-state index contributed by atoms with van der Waals surface area (Å²) in [5.74, 6) is 0.461. The fourth-order valence-corrected chi connectivity index (χ4v) is 1.91. The molecule has 3 heteroatoms. The number of rotatable bonds is 2. The van der Waals surface area contributed by atoms with Crippen molar-refractivity contribution in [1.82, 2.24) is 0 Å². The molecule has 1 aliphatic carbocycles. The van der Waals surface area contributed by atoms with Gasteiger partial charge in [-0.15, -0.1) is 0 Å². The van der Waals surface area contributed by atoms with Crippen molar-refractivity contribution in [2.45, 2.75) is 19.8 Å². The van der Waals surface area contributed by atoms with Crippen LogP contribution in [0, 0.1) is 11.3 Å². The molecule has 0 amide bonds. The first-order chi connectivity index (χ1) is 5.79. The highest BCUT2D eigenvalue weighted by molar-refractivity contribution is 5.85. The van der Waals surface area contributed by atoms with E-state index in [0.29, 0.717) is 12.5 Å². The van der Waals surface area contributed by atoms with Gasteiger partial charge in [-0.2, -0.15) is 0 Å². The first-order valence-corrected chi connectivity index (χ1v) is 4.45. The average molecular weight is 167 g/mol. The molecule has 1 saturated carbocycles. The largest absolute Gasteiger partial charge is 0.466 e. The molecule has 2 rings (SSSR count).